The van der Waals surface area contributed by atoms with Crippen LogP contribution in [-0.2, 0) is 4.79 Å². The second-order valence-corrected chi connectivity index (χ2v) is 7.50. The number of benzene rings is 1. The van der Waals surface area contributed by atoms with Crippen LogP contribution in [0.15, 0.2) is 52.2 Å². The second-order valence-electron chi connectivity index (χ2n) is 7.15. The van der Waals surface area contributed by atoms with Gasteiger partial charge in [0.2, 0.25) is 5.91 Å². The maximum Gasteiger partial charge on any atom is 0.245 e. The molecule has 2 aromatic heterocycles. The van der Waals surface area contributed by atoms with Gasteiger partial charge in [-0.2, -0.15) is 5.10 Å². The molecule has 0 fully saturated rings. The zero-order valence-corrected chi connectivity index (χ0v) is 16.2. The number of carbonyl (C=O) groups excluding carboxylic acids is 1. The number of furan rings is 1. The van der Waals surface area contributed by atoms with E-state index in [2.05, 4.69) is 10.1 Å². The van der Waals surface area contributed by atoms with Crippen LogP contribution < -0.4 is 0 Å². The predicted octanol–water partition coefficient (Wildman–Crippen LogP) is 5.12. The molecule has 0 unspecified atom stereocenters. The highest BCUT2D eigenvalue weighted by molar-refractivity contribution is 6.30. The SMILES string of the molecule is Cc1ccc2cc([C@H]3CC(c4ccco4)=NN3C(=O)C(C)C)c(Cl)nc2c1. The first-order valence-electron chi connectivity index (χ1n) is 8.95. The fraction of sp³-hybridized carbons (Fsp3) is 0.286. The lowest BCUT2D eigenvalue weighted by Crippen LogP contribution is -2.30. The highest BCUT2D eigenvalue weighted by atomic mass is 35.5. The molecule has 0 aliphatic carbocycles. The van der Waals surface area contributed by atoms with Gasteiger partial charge in [0.15, 0.2) is 0 Å². The van der Waals surface area contributed by atoms with E-state index in [1.165, 1.54) is 5.01 Å². The van der Waals surface area contributed by atoms with E-state index < -0.39 is 0 Å². The van der Waals surface area contributed by atoms with Crippen LogP contribution in [0.5, 0.6) is 0 Å². The molecule has 3 heterocycles. The number of hydrogen-bond donors (Lipinski definition) is 0. The molecule has 0 spiro atoms. The second kappa shape index (κ2) is 6.82. The fourth-order valence-corrected chi connectivity index (χ4v) is 3.59. The third-order valence-electron chi connectivity index (χ3n) is 4.75. The molecule has 138 valence electrons. The number of hydrazone groups is 1. The highest BCUT2D eigenvalue weighted by Crippen LogP contribution is 2.38. The summed E-state index contributed by atoms with van der Waals surface area (Å²) in [5, 5.41) is 7.49. The normalized spacial score (nSPS) is 17.0. The Bertz CT molecular complexity index is 1040. The molecule has 0 saturated carbocycles. The standard InChI is InChI=1S/C21H20ClN3O2/c1-12(2)21(26)25-18(11-17(24-25)19-5-4-8-27-19)15-10-14-7-6-13(3)9-16(14)23-20(15)22/h4-10,12,18H,11H2,1-3H3/t18-/m1/s1. The summed E-state index contributed by atoms with van der Waals surface area (Å²) < 4.78 is 5.49. The molecule has 1 aliphatic heterocycles. The van der Waals surface area contributed by atoms with E-state index in [0.29, 0.717) is 17.3 Å². The largest absolute Gasteiger partial charge is 0.463 e. The smallest absolute Gasteiger partial charge is 0.245 e. The molecule has 0 N–H and O–H groups in total. The topological polar surface area (TPSA) is 58.7 Å². The Kier molecular flexibility index (Phi) is 4.48. The van der Waals surface area contributed by atoms with Crippen LogP contribution in [0.2, 0.25) is 5.15 Å². The van der Waals surface area contributed by atoms with E-state index >= 15 is 0 Å². The molecule has 6 heteroatoms. The van der Waals surface area contributed by atoms with Crippen LogP contribution in [0.3, 0.4) is 0 Å². The van der Waals surface area contributed by atoms with Gasteiger partial charge in [-0.15, -0.1) is 0 Å². The number of carbonyl (C=O) groups is 1. The Morgan fingerprint density at radius 3 is 2.81 bits per heavy atom. The van der Waals surface area contributed by atoms with Gasteiger partial charge in [0.1, 0.15) is 16.6 Å². The van der Waals surface area contributed by atoms with Crippen molar-refractivity contribution in [1.29, 1.82) is 0 Å². The zero-order chi connectivity index (χ0) is 19.1. The van der Waals surface area contributed by atoms with Gasteiger partial charge in [-0.3, -0.25) is 4.79 Å². The number of aryl methyl sites for hydroxylation is 1. The van der Waals surface area contributed by atoms with Crippen LogP contribution in [0, 0.1) is 12.8 Å². The number of halogens is 1. The van der Waals surface area contributed by atoms with Crippen molar-refractivity contribution in [2.24, 2.45) is 11.0 Å². The monoisotopic (exact) mass is 381 g/mol. The summed E-state index contributed by atoms with van der Waals surface area (Å²) in [5.41, 5.74) is 3.50. The molecule has 0 bridgehead atoms. The summed E-state index contributed by atoms with van der Waals surface area (Å²) in [6.07, 6.45) is 2.14. The molecular weight excluding hydrogens is 362 g/mol. The summed E-state index contributed by atoms with van der Waals surface area (Å²) >= 11 is 6.53. The van der Waals surface area contributed by atoms with Crippen molar-refractivity contribution >= 4 is 34.1 Å². The Morgan fingerprint density at radius 1 is 1.30 bits per heavy atom. The van der Waals surface area contributed by atoms with Crippen molar-refractivity contribution in [3.8, 4) is 0 Å². The number of hydrogen-bond acceptors (Lipinski definition) is 4. The quantitative estimate of drug-likeness (QED) is 0.591. The first-order chi connectivity index (χ1) is 12.9. The van der Waals surface area contributed by atoms with Crippen molar-refractivity contribution in [3.63, 3.8) is 0 Å². The third kappa shape index (κ3) is 3.23. The van der Waals surface area contributed by atoms with Gasteiger partial charge in [-0.25, -0.2) is 9.99 Å². The average Bonchev–Trinajstić information content (AvgIpc) is 3.30. The molecule has 0 radical (unpaired) electrons. The van der Waals surface area contributed by atoms with Gasteiger partial charge in [0.25, 0.3) is 0 Å². The molecule has 1 aliphatic rings. The molecule has 27 heavy (non-hydrogen) atoms. The Morgan fingerprint density at radius 2 is 2.11 bits per heavy atom. The fourth-order valence-electron chi connectivity index (χ4n) is 3.32. The van der Waals surface area contributed by atoms with Crippen molar-refractivity contribution in [1.82, 2.24) is 9.99 Å². The number of aromatic nitrogens is 1. The Labute approximate surface area is 162 Å². The number of amides is 1. The first kappa shape index (κ1) is 17.7. The predicted molar refractivity (Wildman–Crippen MR) is 106 cm³/mol. The van der Waals surface area contributed by atoms with Crippen LogP contribution in [-0.4, -0.2) is 21.6 Å². The van der Waals surface area contributed by atoms with Crippen LogP contribution in [0.25, 0.3) is 10.9 Å². The lowest BCUT2D eigenvalue weighted by molar-refractivity contribution is -0.136. The van der Waals surface area contributed by atoms with E-state index in [-0.39, 0.29) is 17.9 Å². The average molecular weight is 382 g/mol. The molecule has 5 nitrogen and oxygen atoms in total. The van der Waals surface area contributed by atoms with E-state index in [9.17, 15) is 4.79 Å². The van der Waals surface area contributed by atoms with Crippen molar-refractivity contribution in [3.05, 3.63) is 64.7 Å². The minimum atomic E-state index is -0.300. The van der Waals surface area contributed by atoms with Crippen LogP contribution in [0.1, 0.15) is 43.2 Å². The van der Waals surface area contributed by atoms with E-state index in [1.807, 2.05) is 57.2 Å². The number of rotatable bonds is 3. The lowest BCUT2D eigenvalue weighted by atomic mass is 9.99. The van der Waals surface area contributed by atoms with Gasteiger partial charge in [-0.1, -0.05) is 37.6 Å². The molecule has 4 rings (SSSR count). The van der Waals surface area contributed by atoms with Gasteiger partial charge < -0.3 is 4.42 Å². The van der Waals surface area contributed by atoms with E-state index in [4.69, 9.17) is 16.0 Å². The lowest BCUT2D eigenvalue weighted by Gasteiger charge is -2.24. The third-order valence-corrected chi connectivity index (χ3v) is 5.05. The van der Waals surface area contributed by atoms with Crippen LogP contribution >= 0.6 is 11.6 Å². The van der Waals surface area contributed by atoms with Crippen molar-refractivity contribution < 1.29 is 9.21 Å². The molecule has 3 aromatic rings. The van der Waals surface area contributed by atoms with Gasteiger partial charge in [0.05, 0.1) is 17.8 Å². The maximum atomic E-state index is 12.8. The molecular formula is C21H20ClN3O2. The Balaban J connectivity index is 1.79. The molecule has 0 saturated heterocycles. The maximum absolute atomic E-state index is 12.8. The first-order valence-corrected chi connectivity index (χ1v) is 9.33. The summed E-state index contributed by atoms with van der Waals surface area (Å²) in [7, 11) is 0. The van der Waals surface area contributed by atoms with Crippen LogP contribution in [0.4, 0.5) is 0 Å². The van der Waals surface area contributed by atoms with E-state index in [0.717, 1.165) is 27.7 Å². The summed E-state index contributed by atoms with van der Waals surface area (Å²) in [4.78, 5) is 17.3. The summed E-state index contributed by atoms with van der Waals surface area (Å²) in [6, 6.07) is 11.4. The minimum Gasteiger partial charge on any atom is -0.463 e. The van der Waals surface area contributed by atoms with Crippen molar-refractivity contribution in [2.45, 2.75) is 33.2 Å². The summed E-state index contributed by atoms with van der Waals surface area (Å²) in [6.45, 7) is 5.75. The zero-order valence-electron chi connectivity index (χ0n) is 15.4. The summed E-state index contributed by atoms with van der Waals surface area (Å²) in [5.74, 6) is 0.434. The van der Waals surface area contributed by atoms with Crippen molar-refractivity contribution in [2.75, 3.05) is 0 Å². The van der Waals surface area contributed by atoms with Gasteiger partial charge >= 0.3 is 0 Å². The number of fused-ring (bicyclic) bond motifs is 1. The molecule has 1 aromatic carbocycles. The Hall–Kier alpha value is -2.66. The van der Waals surface area contributed by atoms with E-state index in [1.54, 1.807) is 6.26 Å². The molecule has 1 atom stereocenters. The minimum absolute atomic E-state index is 0.0541. The van der Waals surface area contributed by atoms with Gasteiger partial charge in [-0.05, 0) is 36.8 Å². The highest BCUT2D eigenvalue weighted by Gasteiger charge is 2.36. The number of nitrogens with zero attached hydrogens (tertiary/aromatic N) is 3. The molecule has 1 amide bonds. The van der Waals surface area contributed by atoms with Gasteiger partial charge in [0, 0.05) is 23.3 Å². The number of pyridine rings is 1.